The van der Waals surface area contributed by atoms with E-state index < -0.39 is 0 Å². The van der Waals surface area contributed by atoms with Gasteiger partial charge in [-0.05, 0) is 31.2 Å². The van der Waals surface area contributed by atoms with Crippen LogP contribution in [0.3, 0.4) is 0 Å². The highest BCUT2D eigenvalue weighted by atomic mass is 16.5. The van der Waals surface area contributed by atoms with Gasteiger partial charge in [-0.25, -0.2) is 9.50 Å². The molecule has 0 radical (unpaired) electrons. The van der Waals surface area contributed by atoms with Crippen molar-refractivity contribution in [2.45, 2.75) is 6.92 Å². The lowest BCUT2D eigenvalue weighted by molar-refractivity contribution is 0.340. The van der Waals surface area contributed by atoms with Crippen molar-refractivity contribution in [2.24, 2.45) is 0 Å². The Morgan fingerprint density at radius 1 is 1.20 bits per heavy atom. The first-order chi connectivity index (χ1) is 9.83. The zero-order chi connectivity index (χ0) is 13.9. The molecule has 0 N–H and O–H groups in total. The molecule has 0 bridgehead atoms. The van der Waals surface area contributed by atoms with Crippen LogP contribution in [0.15, 0.2) is 42.7 Å². The Bertz CT molecular complexity index is 737. The van der Waals surface area contributed by atoms with E-state index in [-0.39, 0.29) is 0 Å². The monoisotopic (exact) mass is 269 g/mol. The molecular formula is C15H15N3O2. The van der Waals surface area contributed by atoms with Gasteiger partial charge in [0.05, 0.1) is 19.4 Å². The molecule has 0 aliphatic carbocycles. The molecule has 5 nitrogen and oxygen atoms in total. The van der Waals surface area contributed by atoms with Crippen LogP contribution >= 0.6 is 0 Å². The highest BCUT2D eigenvalue weighted by Crippen LogP contribution is 2.27. The standard InChI is InChI=1S/C15H15N3O2/c1-3-20-12-6-4-5-11(9-12)13-7-8-14(19-2)15-16-10-17-18(13)15/h4-10H,3H2,1-2H3. The van der Waals surface area contributed by atoms with Crippen molar-refractivity contribution in [3.63, 3.8) is 0 Å². The van der Waals surface area contributed by atoms with Crippen molar-refractivity contribution < 1.29 is 9.47 Å². The third kappa shape index (κ3) is 2.07. The van der Waals surface area contributed by atoms with E-state index in [1.54, 1.807) is 11.6 Å². The molecule has 0 aliphatic rings. The van der Waals surface area contributed by atoms with Gasteiger partial charge < -0.3 is 9.47 Å². The number of ether oxygens (including phenoxy) is 2. The fraction of sp³-hybridized carbons (Fsp3) is 0.200. The molecule has 102 valence electrons. The molecule has 0 unspecified atom stereocenters. The molecule has 5 heteroatoms. The number of methoxy groups -OCH3 is 1. The molecule has 20 heavy (non-hydrogen) atoms. The lowest BCUT2D eigenvalue weighted by Crippen LogP contribution is -1.97. The van der Waals surface area contributed by atoms with Crippen molar-refractivity contribution >= 4 is 5.65 Å². The van der Waals surface area contributed by atoms with Crippen molar-refractivity contribution in [2.75, 3.05) is 13.7 Å². The SMILES string of the molecule is CCOc1cccc(-c2ccc(OC)c3ncnn23)c1. The Labute approximate surface area is 116 Å². The molecular weight excluding hydrogens is 254 g/mol. The number of hydrogen-bond donors (Lipinski definition) is 0. The summed E-state index contributed by atoms with van der Waals surface area (Å²) in [6.45, 7) is 2.61. The minimum Gasteiger partial charge on any atom is -0.494 e. The van der Waals surface area contributed by atoms with E-state index in [9.17, 15) is 0 Å². The second-order valence-electron chi connectivity index (χ2n) is 4.24. The Hall–Kier alpha value is -2.56. The molecule has 0 amide bonds. The summed E-state index contributed by atoms with van der Waals surface area (Å²) in [6, 6.07) is 11.8. The summed E-state index contributed by atoms with van der Waals surface area (Å²) in [5.74, 6) is 1.54. The number of benzene rings is 1. The van der Waals surface area contributed by atoms with Gasteiger partial charge in [0, 0.05) is 5.56 Å². The molecule has 1 aromatic carbocycles. The average Bonchev–Trinajstić information content (AvgIpc) is 2.96. The van der Waals surface area contributed by atoms with Gasteiger partial charge in [-0.3, -0.25) is 0 Å². The molecule has 0 fully saturated rings. The Morgan fingerprint density at radius 3 is 2.90 bits per heavy atom. The van der Waals surface area contributed by atoms with Gasteiger partial charge in [-0.1, -0.05) is 12.1 Å². The summed E-state index contributed by atoms with van der Waals surface area (Å²) in [6.07, 6.45) is 1.52. The molecule has 2 heterocycles. The van der Waals surface area contributed by atoms with E-state index in [0.717, 1.165) is 17.0 Å². The van der Waals surface area contributed by atoms with Crippen molar-refractivity contribution in [1.29, 1.82) is 0 Å². The third-order valence-corrected chi connectivity index (χ3v) is 3.05. The van der Waals surface area contributed by atoms with Crippen LogP contribution in [0.1, 0.15) is 6.92 Å². The first-order valence-corrected chi connectivity index (χ1v) is 6.43. The maximum atomic E-state index is 5.54. The van der Waals surface area contributed by atoms with E-state index in [2.05, 4.69) is 10.1 Å². The van der Waals surface area contributed by atoms with Gasteiger partial charge in [0.1, 0.15) is 12.1 Å². The number of aromatic nitrogens is 3. The highest BCUT2D eigenvalue weighted by Gasteiger charge is 2.10. The van der Waals surface area contributed by atoms with Gasteiger partial charge in [-0.15, -0.1) is 0 Å². The minimum absolute atomic E-state index is 0.644. The quantitative estimate of drug-likeness (QED) is 0.730. The van der Waals surface area contributed by atoms with E-state index in [1.807, 2.05) is 43.3 Å². The van der Waals surface area contributed by atoms with Crippen LogP contribution < -0.4 is 9.47 Å². The summed E-state index contributed by atoms with van der Waals surface area (Å²) in [5.41, 5.74) is 2.67. The summed E-state index contributed by atoms with van der Waals surface area (Å²) < 4.78 is 12.6. The van der Waals surface area contributed by atoms with E-state index in [4.69, 9.17) is 9.47 Å². The highest BCUT2D eigenvalue weighted by molar-refractivity contribution is 5.67. The summed E-state index contributed by atoms with van der Waals surface area (Å²) in [4.78, 5) is 4.23. The third-order valence-electron chi connectivity index (χ3n) is 3.05. The van der Waals surface area contributed by atoms with Crippen LogP contribution in [0.25, 0.3) is 16.9 Å². The topological polar surface area (TPSA) is 48.7 Å². The van der Waals surface area contributed by atoms with Gasteiger partial charge in [-0.2, -0.15) is 5.10 Å². The van der Waals surface area contributed by atoms with Crippen LogP contribution in [-0.2, 0) is 0 Å². The molecule has 0 aliphatic heterocycles. The molecule has 3 aromatic rings. The number of nitrogens with zero attached hydrogens (tertiary/aromatic N) is 3. The summed E-state index contributed by atoms with van der Waals surface area (Å²) in [7, 11) is 1.62. The normalized spacial score (nSPS) is 10.7. The van der Waals surface area contributed by atoms with Crippen molar-refractivity contribution in [1.82, 2.24) is 14.6 Å². The van der Waals surface area contributed by atoms with Crippen molar-refractivity contribution in [3.05, 3.63) is 42.7 Å². The Morgan fingerprint density at radius 2 is 2.10 bits per heavy atom. The van der Waals surface area contributed by atoms with Gasteiger partial charge in [0.25, 0.3) is 0 Å². The van der Waals surface area contributed by atoms with Crippen LogP contribution in [0.4, 0.5) is 0 Å². The van der Waals surface area contributed by atoms with Crippen LogP contribution in [0.2, 0.25) is 0 Å². The Balaban J connectivity index is 2.15. The number of pyridine rings is 1. The maximum absolute atomic E-state index is 5.54. The first-order valence-electron chi connectivity index (χ1n) is 6.43. The van der Waals surface area contributed by atoms with Crippen molar-refractivity contribution in [3.8, 4) is 22.8 Å². The van der Waals surface area contributed by atoms with Gasteiger partial charge in [0.2, 0.25) is 0 Å². The van der Waals surface area contributed by atoms with Crippen LogP contribution in [0.5, 0.6) is 11.5 Å². The zero-order valence-corrected chi connectivity index (χ0v) is 11.4. The number of rotatable bonds is 4. The fourth-order valence-electron chi connectivity index (χ4n) is 2.18. The first kappa shape index (κ1) is 12.5. The minimum atomic E-state index is 0.644. The van der Waals surface area contributed by atoms with Gasteiger partial charge >= 0.3 is 0 Å². The summed E-state index contributed by atoms with van der Waals surface area (Å²) in [5, 5.41) is 4.26. The largest absolute Gasteiger partial charge is 0.494 e. The van der Waals surface area contributed by atoms with Gasteiger partial charge in [0.15, 0.2) is 11.4 Å². The summed E-state index contributed by atoms with van der Waals surface area (Å²) >= 11 is 0. The fourth-order valence-corrected chi connectivity index (χ4v) is 2.18. The molecule has 0 atom stereocenters. The zero-order valence-electron chi connectivity index (χ0n) is 11.4. The lowest BCUT2D eigenvalue weighted by Gasteiger charge is -2.09. The molecule has 0 spiro atoms. The predicted molar refractivity (Wildman–Crippen MR) is 76.1 cm³/mol. The number of fused-ring (bicyclic) bond motifs is 1. The molecule has 2 aromatic heterocycles. The van der Waals surface area contributed by atoms with E-state index >= 15 is 0 Å². The molecule has 0 saturated heterocycles. The predicted octanol–water partition coefficient (Wildman–Crippen LogP) is 2.80. The average molecular weight is 269 g/mol. The molecule has 3 rings (SSSR count). The number of hydrogen-bond acceptors (Lipinski definition) is 4. The van der Waals surface area contributed by atoms with E-state index in [0.29, 0.717) is 18.0 Å². The van der Waals surface area contributed by atoms with Crippen LogP contribution in [0, 0.1) is 0 Å². The van der Waals surface area contributed by atoms with Crippen LogP contribution in [-0.4, -0.2) is 28.3 Å². The Kier molecular flexibility index (Phi) is 3.25. The maximum Gasteiger partial charge on any atom is 0.198 e. The lowest BCUT2D eigenvalue weighted by atomic mass is 10.1. The molecule has 0 saturated carbocycles. The second kappa shape index (κ2) is 5.21. The smallest absolute Gasteiger partial charge is 0.198 e. The second-order valence-corrected chi connectivity index (χ2v) is 4.24. The van der Waals surface area contributed by atoms with E-state index in [1.165, 1.54) is 6.33 Å².